The standard InChI is InChI=1S/C13H14ClN5O/c1-4-5-18-13(20)12(11(14)7-16-18)17-10-6-15-19(8-10)9(2)3/h1,6-9,17H,5H2,2-3H3. The van der Waals surface area contributed by atoms with Crippen molar-refractivity contribution in [3.8, 4) is 12.3 Å². The molecule has 2 heterocycles. The van der Waals surface area contributed by atoms with Gasteiger partial charge in [0.25, 0.3) is 5.56 Å². The number of nitrogens with one attached hydrogen (secondary N) is 1. The van der Waals surface area contributed by atoms with E-state index in [0.29, 0.717) is 5.69 Å². The number of rotatable bonds is 4. The first-order valence-electron chi connectivity index (χ1n) is 6.03. The molecule has 0 aliphatic heterocycles. The van der Waals surface area contributed by atoms with Gasteiger partial charge in [0.05, 0.1) is 23.1 Å². The Morgan fingerprint density at radius 3 is 2.80 bits per heavy atom. The van der Waals surface area contributed by atoms with Crippen LogP contribution in [0.1, 0.15) is 19.9 Å². The minimum Gasteiger partial charge on any atom is -0.347 e. The highest BCUT2D eigenvalue weighted by atomic mass is 35.5. The van der Waals surface area contributed by atoms with Gasteiger partial charge in [0, 0.05) is 12.2 Å². The van der Waals surface area contributed by atoms with Crippen LogP contribution in [-0.4, -0.2) is 19.6 Å². The van der Waals surface area contributed by atoms with Gasteiger partial charge in [0.1, 0.15) is 12.2 Å². The molecule has 0 aliphatic carbocycles. The second kappa shape index (κ2) is 5.80. The van der Waals surface area contributed by atoms with Crippen molar-refractivity contribution >= 4 is 23.0 Å². The number of aromatic nitrogens is 4. The lowest BCUT2D eigenvalue weighted by molar-refractivity contribution is 0.532. The number of hydrogen-bond donors (Lipinski definition) is 1. The van der Waals surface area contributed by atoms with E-state index in [0.717, 1.165) is 0 Å². The van der Waals surface area contributed by atoms with Crippen molar-refractivity contribution in [1.82, 2.24) is 19.6 Å². The summed E-state index contributed by atoms with van der Waals surface area (Å²) in [4.78, 5) is 12.2. The number of anilines is 2. The van der Waals surface area contributed by atoms with Crippen LogP contribution in [-0.2, 0) is 6.54 Å². The molecule has 0 aromatic carbocycles. The molecule has 0 aliphatic rings. The van der Waals surface area contributed by atoms with Crippen molar-refractivity contribution in [3.63, 3.8) is 0 Å². The summed E-state index contributed by atoms with van der Waals surface area (Å²) < 4.78 is 2.94. The Labute approximate surface area is 121 Å². The zero-order chi connectivity index (χ0) is 14.7. The molecule has 0 radical (unpaired) electrons. The Morgan fingerprint density at radius 1 is 1.45 bits per heavy atom. The summed E-state index contributed by atoms with van der Waals surface area (Å²) in [7, 11) is 0. The third-order valence-corrected chi connectivity index (χ3v) is 2.93. The molecule has 0 bridgehead atoms. The fraction of sp³-hybridized carbons (Fsp3) is 0.308. The third-order valence-electron chi connectivity index (χ3n) is 2.64. The van der Waals surface area contributed by atoms with Crippen molar-refractivity contribution in [1.29, 1.82) is 0 Å². The van der Waals surface area contributed by atoms with E-state index in [9.17, 15) is 4.79 Å². The van der Waals surface area contributed by atoms with E-state index in [4.69, 9.17) is 18.0 Å². The van der Waals surface area contributed by atoms with E-state index < -0.39 is 0 Å². The van der Waals surface area contributed by atoms with Crippen LogP contribution in [0.2, 0.25) is 5.02 Å². The number of terminal acetylenes is 1. The van der Waals surface area contributed by atoms with Gasteiger partial charge < -0.3 is 5.32 Å². The summed E-state index contributed by atoms with van der Waals surface area (Å²) >= 11 is 6.00. The summed E-state index contributed by atoms with van der Waals surface area (Å²) in [6, 6.07) is 0.233. The molecule has 104 valence electrons. The van der Waals surface area contributed by atoms with Gasteiger partial charge >= 0.3 is 0 Å². The fourth-order valence-corrected chi connectivity index (χ4v) is 1.78. The maximum atomic E-state index is 12.2. The van der Waals surface area contributed by atoms with Crippen molar-refractivity contribution in [2.45, 2.75) is 26.4 Å². The molecule has 0 saturated heterocycles. The van der Waals surface area contributed by atoms with E-state index in [1.807, 2.05) is 13.8 Å². The third kappa shape index (κ3) is 2.83. The number of hydrogen-bond acceptors (Lipinski definition) is 4. The van der Waals surface area contributed by atoms with Gasteiger partial charge in [-0.1, -0.05) is 17.5 Å². The lowest BCUT2D eigenvalue weighted by atomic mass is 10.4. The van der Waals surface area contributed by atoms with Gasteiger partial charge in [-0.3, -0.25) is 9.48 Å². The molecule has 2 rings (SSSR count). The van der Waals surface area contributed by atoms with Crippen LogP contribution in [0.3, 0.4) is 0 Å². The molecule has 20 heavy (non-hydrogen) atoms. The van der Waals surface area contributed by atoms with Crippen LogP contribution in [0.5, 0.6) is 0 Å². The molecular formula is C13H14ClN5O. The maximum absolute atomic E-state index is 12.2. The summed E-state index contributed by atoms with van der Waals surface area (Å²) in [6.45, 7) is 4.11. The molecule has 0 saturated carbocycles. The highest BCUT2D eigenvalue weighted by molar-refractivity contribution is 6.33. The van der Waals surface area contributed by atoms with E-state index in [1.165, 1.54) is 10.9 Å². The SMILES string of the molecule is C#CCn1ncc(Cl)c(Nc2cnn(C(C)C)c2)c1=O. The molecule has 1 N–H and O–H groups in total. The van der Waals surface area contributed by atoms with Crippen LogP contribution in [0.25, 0.3) is 0 Å². The van der Waals surface area contributed by atoms with Gasteiger partial charge in [-0.05, 0) is 13.8 Å². The van der Waals surface area contributed by atoms with Gasteiger partial charge in [-0.15, -0.1) is 6.42 Å². The van der Waals surface area contributed by atoms with E-state index in [-0.39, 0.29) is 28.9 Å². The lowest BCUT2D eigenvalue weighted by Gasteiger charge is -2.08. The largest absolute Gasteiger partial charge is 0.347 e. The Hall–Kier alpha value is -2.26. The summed E-state index contributed by atoms with van der Waals surface area (Å²) in [5.41, 5.74) is 0.545. The zero-order valence-electron chi connectivity index (χ0n) is 11.2. The Bertz CT molecular complexity index is 710. The Kier molecular flexibility index (Phi) is 4.11. The van der Waals surface area contributed by atoms with Crippen molar-refractivity contribution in [3.05, 3.63) is 34.0 Å². The second-order valence-electron chi connectivity index (χ2n) is 4.46. The number of nitrogens with zero attached hydrogens (tertiary/aromatic N) is 4. The van der Waals surface area contributed by atoms with Crippen LogP contribution in [0, 0.1) is 12.3 Å². The highest BCUT2D eigenvalue weighted by Crippen LogP contribution is 2.20. The molecule has 6 nitrogen and oxygen atoms in total. The molecular weight excluding hydrogens is 278 g/mol. The van der Waals surface area contributed by atoms with Gasteiger partial charge in [-0.2, -0.15) is 10.2 Å². The summed E-state index contributed by atoms with van der Waals surface area (Å²) in [6.07, 6.45) is 10.00. The maximum Gasteiger partial charge on any atom is 0.292 e. The molecule has 0 atom stereocenters. The predicted molar refractivity (Wildman–Crippen MR) is 78.2 cm³/mol. The topological polar surface area (TPSA) is 64.7 Å². The van der Waals surface area contributed by atoms with Gasteiger partial charge in [0.2, 0.25) is 0 Å². The smallest absolute Gasteiger partial charge is 0.292 e. The quantitative estimate of drug-likeness (QED) is 0.876. The van der Waals surface area contributed by atoms with Crippen molar-refractivity contribution in [2.24, 2.45) is 0 Å². The van der Waals surface area contributed by atoms with E-state index in [1.54, 1.807) is 17.1 Å². The second-order valence-corrected chi connectivity index (χ2v) is 4.87. The zero-order valence-corrected chi connectivity index (χ0v) is 11.9. The van der Waals surface area contributed by atoms with Gasteiger partial charge in [-0.25, -0.2) is 4.68 Å². The van der Waals surface area contributed by atoms with Crippen LogP contribution < -0.4 is 10.9 Å². The Balaban J connectivity index is 2.35. The normalized spacial score (nSPS) is 10.6. The van der Waals surface area contributed by atoms with Crippen LogP contribution in [0.4, 0.5) is 11.4 Å². The monoisotopic (exact) mass is 291 g/mol. The van der Waals surface area contributed by atoms with E-state index >= 15 is 0 Å². The van der Waals surface area contributed by atoms with Crippen molar-refractivity contribution < 1.29 is 0 Å². The van der Waals surface area contributed by atoms with Crippen molar-refractivity contribution in [2.75, 3.05) is 5.32 Å². The minimum atomic E-state index is -0.368. The fourth-order valence-electron chi connectivity index (χ4n) is 1.61. The van der Waals surface area contributed by atoms with Crippen LogP contribution >= 0.6 is 11.6 Å². The molecule has 2 aromatic rings. The van der Waals surface area contributed by atoms with Crippen LogP contribution in [0.15, 0.2) is 23.4 Å². The van der Waals surface area contributed by atoms with Gasteiger partial charge in [0.15, 0.2) is 0 Å². The summed E-state index contributed by atoms with van der Waals surface area (Å²) in [5, 5.41) is 11.3. The molecule has 0 spiro atoms. The molecule has 0 fully saturated rings. The first-order chi connectivity index (χ1) is 9.52. The summed E-state index contributed by atoms with van der Waals surface area (Å²) in [5.74, 6) is 2.37. The molecule has 0 amide bonds. The molecule has 2 aromatic heterocycles. The minimum absolute atomic E-state index is 0.0932. The lowest BCUT2D eigenvalue weighted by Crippen LogP contribution is -2.24. The Morgan fingerprint density at radius 2 is 2.20 bits per heavy atom. The average molecular weight is 292 g/mol. The molecule has 0 unspecified atom stereocenters. The first kappa shape index (κ1) is 14.2. The average Bonchev–Trinajstić information content (AvgIpc) is 2.87. The molecule has 7 heteroatoms. The van der Waals surface area contributed by atoms with E-state index in [2.05, 4.69) is 21.4 Å². The number of halogens is 1. The highest BCUT2D eigenvalue weighted by Gasteiger charge is 2.11. The first-order valence-corrected chi connectivity index (χ1v) is 6.41. The predicted octanol–water partition coefficient (Wildman–Crippen LogP) is 2.05.